The summed E-state index contributed by atoms with van der Waals surface area (Å²) in [4.78, 5) is 17.9. The minimum atomic E-state index is -0.135. The van der Waals surface area contributed by atoms with Crippen molar-refractivity contribution in [2.24, 2.45) is 0 Å². The number of halogens is 2. The van der Waals surface area contributed by atoms with Crippen LogP contribution in [-0.4, -0.2) is 55.0 Å². The summed E-state index contributed by atoms with van der Waals surface area (Å²) in [6.07, 6.45) is 1.01. The van der Waals surface area contributed by atoms with Crippen molar-refractivity contribution in [1.82, 2.24) is 15.1 Å². The summed E-state index contributed by atoms with van der Waals surface area (Å²) in [5.74, 6) is 1.05. The highest BCUT2D eigenvalue weighted by Crippen LogP contribution is 2.31. The van der Waals surface area contributed by atoms with Gasteiger partial charge in [0.05, 0.1) is 19.2 Å². The van der Waals surface area contributed by atoms with Crippen LogP contribution in [-0.2, 0) is 17.8 Å². The first kappa shape index (κ1) is 24.5. The van der Waals surface area contributed by atoms with Crippen LogP contribution in [0.3, 0.4) is 0 Å². The quantitative estimate of drug-likeness (QED) is 0.772. The number of piperazine rings is 1. The summed E-state index contributed by atoms with van der Waals surface area (Å²) < 4.78 is 5.57. The first-order valence-electron chi connectivity index (χ1n) is 10.1. The Kier molecular flexibility index (Phi) is 8.98. The molecule has 2 aromatic rings. The molecular formula is C23H31Cl2N3O2. The molecule has 0 spiro atoms. The molecule has 7 heteroatoms. The van der Waals surface area contributed by atoms with Gasteiger partial charge in [-0.25, -0.2) is 0 Å². The number of methoxy groups -OCH3 is 1. The standard InChI is InChI=1S/C23H29N3O2.2ClH/c1-17(25-13-11-18-7-3-4-8-19(18)16-25)23(27)26-14-12-24-15-21(26)20-9-5-6-10-22(20)28-2;;/h3-10,17,21,24H,11-16H2,1-2H3;2*1H. The molecule has 1 N–H and O–H groups in total. The topological polar surface area (TPSA) is 44.8 Å². The Labute approximate surface area is 191 Å². The summed E-state index contributed by atoms with van der Waals surface area (Å²) in [6.45, 7) is 6.12. The zero-order valence-corrected chi connectivity index (χ0v) is 19.2. The number of carbonyl (C=O) groups is 1. The number of carbonyl (C=O) groups excluding carboxylic acids is 1. The lowest BCUT2D eigenvalue weighted by molar-refractivity contribution is -0.140. The van der Waals surface area contributed by atoms with E-state index in [1.165, 1.54) is 11.1 Å². The molecule has 2 unspecified atom stereocenters. The number of para-hydroxylation sites is 1. The van der Waals surface area contributed by atoms with E-state index in [-0.39, 0.29) is 42.8 Å². The molecule has 0 aromatic heterocycles. The maximum Gasteiger partial charge on any atom is 0.240 e. The van der Waals surface area contributed by atoms with Crippen molar-refractivity contribution in [2.75, 3.05) is 33.3 Å². The lowest BCUT2D eigenvalue weighted by Gasteiger charge is -2.41. The lowest BCUT2D eigenvalue weighted by atomic mass is 9.97. The van der Waals surface area contributed by atoms with Gasteiger partial charge in [0.2, 0.25) is 5.91 Å². The molecule has 0 saturated carbocycles. The van der Waals surface area contributed by atoms with Gasteiger partial charge in [0, 0.05) is 38.3 Å². The van der Waals surface area contributed by atoms with Crippen LogP contribution in [0.4, 0.5) is 0 Å². The molecule has 0 bridgehead atoms. The molecule has 0 aliphatic carbocycles. The SMILES string of the molecule is COc1ccccc1C1CNCCN1C(=O)C(C)N1CCc2ccccc2C1.Cl.Cl. The van der Waals surface area contributed by atoms with E-state index >= 15 is 0 Å². The average Bonchev–Trinajstić information content (AvgIpc) is 2.77. The Balaban J connectivity index is 0.00000160. The fraction of sp³-hybridized carbons (Fsp3) is 0.435. The van der Waals surface area contributed by atoms with E-state index in [9.17, 15) is 4.79 Å². The van der Waals surface area contributed by atoms with E-state index in [2.05, 4.69) is 47.5 Å². The Morgan fingerprint density at radius 1 is 1.07 bits per heavy atom. The van der Waals surface area contributed by atoms with Crippen molar-refractivity contribution >= 4 is 30.7 Å². The normalized spacial score (nSPS) is 19.7. The zero-order chi connectivity index (χ0) is 19.5. The van der Waals surface area contributed by atoms with E-state index in [0.29, 0.717) is 0 Å². The van der Waals surface area contributed by atoms with Crippen molar-refractivity contribution in [1.29, 1.82) is 0 Å². The van der Waals surface area contributed by atoms with Crippen LogP contribution in [0.5, 0.6) is 5.75 Å². The predicted molar refractivity (Wildman–Crippen MR) is 125 cm³/mol. The molecule has 30 heavy (non-hydrogen) atoms. The number of hydrogen-bond donors (Lipinski definition) is 1. The molecule has 5 nitrogen and oxygen atoms in total. The minimum Gasteiger partial charge on any atom is -0.496 e. The van der Waals surface area contributed by atoms with Crippen molar-refractivity contribution in [3.8, 4) is 5.75 Å². The maximum absolute atomic E-state index is 13.5. The van der Waals surface area contributed by atoms with Crippen LogP contribution in [0.1, 0.15) is 29.7 Å². The van der Waals surface area contributed by atoms with Gasteiger partial charge in [-0.2, -0.15) is 0 Å². The predicted octanol–water partition coefficient (Wildman–Crippen LogP) is 3.46. The first-order chi connectivity index (χ1) is 13.7. The van der Waals surface area contributed by atoms with Gasteiger partial charge in [-0.15, -0.1) is 24.8 Å². The monoisotopic (exact) mass is 451 g/mol. The Hall–Kier alpha value is -1.79. The third kappa shape index (κ3) is 4.92. The van der Waals surface area contributed by atoms with Crippen molar-refractivity contribution in [3.05, 3.63) is 65.2 Å². The number of amides is 1. The maximum atomic E-state index is 13.5. The first-order valence-corrected chi connectivity index (χ1v) is 10.1. The number of nitrogens with zero attached hydrogens (tertiary/aromatic N) is 2. The summed E-state index contributed by atoms with van der Waals surface area (Å²) >= 11 is 0. The molecule has 2 aromatic carbocycles. The number of benzene rings is 2. The largest absolute Gasteiger partial charge is 0.496 e. The average molecular weight is 452 g/mol. The third-order valence-corrected chi connectivity index (χ3v) is 6.09. The fourth-order valence-electron chi connectivity index (χ4n) is 4.43. The van der Waals surface area contributed by atoms with Crippen LogP contribution in [0, 0.1) is 0 Å². The molecule has 2 atom stereocenters. The van der Waals surface area contributed by atoms with E-state index in [4.69, 9.17) is 4.74 Å². The van der Waals surface area contributed by atoms with Gasteiger partial charge in [-0.05, 0) is 30.5 Å². The van der Waals surface area contributed by atoms with E-state index in [1.807, 2.05) is 23.1 Å². The van der Waals surface area contributed by atoms with Crippen LogP contribution in [0.25, 0.3) is 0 Å². The fourth-order valence-corrected chi connectivity index (χ4v) is 4.43. The Morgan fingerprint density at radius 2 is 1.77 bits per heavy atom. The highest BCUT2D eigenvalue weighted by Gasteiger charge is 2.35. The van der Waals surface area contributed by atoms with Crippen LogP contribution in [0.15, 0.2) is 48.5 Å². The van der Waals surface area contributed by atoms with E-state index in [1.54, 1.807) is 7.11 Å². The Bertz CT molecular complexity index is 849. The molecule has 0 radical (unpaired) electrons. The van der Waals surface area contributed by atoms with E-state index in [0.717, 1.165) is 50.5 Å². The summed E-state index contributed by atoms with van der Waals surface area (Å²) in [5.41, 5.74) is 3.82. The minimum absolute atomic E-state index is 0. The van der Waals surface area contributed by atoms with Crippen molar-refractivity contribution in [2.45, 2.75) is 32.0 Å². The lowest BCUT2D eigenvalue weighted by Crippen LogP contribution is -2.55. The molecule has 1 amide bonds. The number of nitrogens with one attached hydrogen (secondary N) is 1. The molecule has 2 heterocycles. The smallest absolute Gasteiger partial charge is 0.240 e. The summed E-state index contributed by atoms with van der Waals surface area (Å²) in [6, 6.07) is 16.5. The third-order valence-electron chi connectivity index (χ3n) is 6.09. The summed E-state index contributed by atoms with van der Waals surface area (Å²) in [7, 11) is 1.69. The van der Waals surface area contributed by atoms with Crippen molar-refractivity contribution in [3.63, 3.8) is 0 Å². The van der Waals surface area contributed by atoms with Gasteiger partial charge in [0.1, 0.15) is 5.75 Å². The number of ether oxygens (including phenoxy) is 1. The summed E-state index contributed by atoms with van der Waals surface area (Å²) in [5, 5.41) is 3.44. The molecule has 2 aliphatic heterocycles. The highest BCUT2D eigenvalue weighted by atomic mass is 35.5. The van der Waals surface area contributed by atoms with Crippen LogP contribution in [0.2, 0.25) is 0 Å². The second-order valence-electron chi connectivity index (χ2n) is 7.66. The molecule has 4 rings (SSSR count). The van der Waals surface area contributed by atoms with Crippen LogP contribution >= 0.6 is 24.8 Å². The van der Waals surface area contributed by atoms with Crippen LogP contribution < -0.4 is 10.1 Å². The van der Waals surface area contributed by atoms with E-state index < -0.39 is 0 Å². The number of hydrogen-bond acceptors (Lipinski definition) is 4. The van der Waals surface area contributed by atoms with Crippen molar-refractivity contribution < 1.29 is 9.53 Å². The molecule has 1 fully saturated rings. The highest BCUT2D eigenvalue weighted by molar-refractivity contribution is 5.85. The van der Waals surface area contributed by atoms with Gasteiger partial charge >= 0.3 is 0 Å². The van der Waals surface area contributed by atoms with Gasteiger partial charge < -0.3 is 15.0 Å². The van der Waals surface area contributed by atoms with Gasteiger partial charge in [-0.3, -0.25) is 9.69 Å². The van der Waals surface area contributed by atoms with Gasteiger partial charge in [-0.1, -0.05) is 42.5 Å². The molecule has 2 aliphatic rings. The second-order valence-corrected chi connectivity index (χ2v) is 7.66. The Morgan fingerprint density at radius 3 is 2.53 bits per heavy atom. The van der Waals surface area contributed by atoms with Gasteiger partial charge in [0.15, 0.2) is 0 Å². The number of fused-ring (bicyclic) bond motifs is 1. The molecular weight excluding hydrogens is 421 g/mol. The zero-order valence-electron chi connectivity index (χ0n) is 17.5. The number of rotatable bonds is 4. The molecule has 1 saturated heterocycles. The molecule has 164 valence electrons. The van der Waals surface area contributed by atoms with Gasteiger partial charge in [0.25, 0.3) is 0 Å². The second kappa shape index (κ2) is 11.0.